The molecule has 0 fully saturated rings. The molecule has 1 N–H and O–H groups in total. The lowest BCUT2D eigenvalue weighted by molar-refractivity contribution is -0.137. The first-order chi connectivity index (χ1) is 11.1. The van der Waals surface area contributed by atoms with Crippen LogP contribution in [0.25, 0.3) is 0 Å². The van der Waals surface area contributed by atoms with Gasteiger partial charge in [-0.3, -0.25) is 0 Å². The zero-order valence-corrected chi connectivity index (χ0v) is 13.8. The Morgan fingerprint density at radius 2 is 1.83 bits per heavy atom. The standard InChI is InChI=1S/C14H17F3N4O2S/c1-10(2)13(9-21-18-6-7-19-21)20-24(22,23)12-5-3-4-11(8-12)14(15,16)17/h3-8,10,13,20H,9H2,1-2H3. The van der Waals surface area contributed by atoms with Crippen molar-refractivity contribution in [3.63, 3.8) is 0 Å². The van der Waals surface area contributed by atoms with E-state index in [9.17, 15) is 21.6 Å². The lowest BCUT2D eigenvalue weighted by Crippen LogP contribution is -2.42. The number of nitrogens with zero attached hydrogens (tertiary/aromatic N) is 3. The molecule has 0 aliphatic heterocycles. The maximum absolute atomic E-state index is 12.8. The van der Waals surface area contributed by atoms with Crippen LogP contribution in [0.5, 0.6) is 0 Å². The predicted molar refractivity (Wildman–Crippen MR) is 80.4 cm³/mol. The number of halogens is 3. The summed E-state index contributed by atoms with van der Waals surface area (Å²) in [6, 6.07) is 3.06. The highest BCUT2D eigenvalue weighted by Crippen LogP contribution is 2.30. The van der Waals surface area contributed by atoms with Crippen molar-refractivity contribution < 1.29 is 21.6 Å². The van der Waals surface area contributed by atoms with E-state index in [1.807, 2.05) is 0 Å². The Balaban J connectivity index is 2.25. The number of alkyl halides is 3. The second-order valence-electron chi connectivity index (χ2n) is 5.58. The number of hydrogen-bond acceptors (Lipinski definition) is 4. The van der Waals surface area contributed by atoms with Gasteiger partial charge >= 0.3 is 6.18 Å². The highest BCUT2D eigenvalue weighted by molar-refractivity contribution is 7.89. The molecule has 0 saturated heterocycles. The van der Waals surface area contributed by atoms with Gasteiger partial charge in [0, 0.05) is 6.04 Å². The minimum Gasteiger partial charge on any atom is -0.207 e. The van der Waals surface area contributed by atoms with E-state index in [2.05, 4.69) is 14.9 Å². The van der Waals surface area contributed by atoms with Gasteiger partial charge in [-0.25, -0.2) is 13.1 Å². The van der Waals surface area contributed by atoms with Crippen LogP contribution in [-0.2, 0) is 22.7 Å². The van der Waals surface area contributed by atoms with E-state index >= 15 is 0 Å². The van der Waals surface area contributed by atoms with E-state index < -0.39 is 32.7 Å². The normalized spacial score (nSPS) is 14.1. The van der Waals surface area contributed by atoms with E-state index in [0.717, 1.165) is 18.2 Å². The number of nitrogens with one attached hydrogen (secondary N) is 1. The fourth-order valence-corrected chi connectivity index (χ4v) is 3.43. The van der Waals surface area contributed by atoms with Crippen molar-refractivity contribution in [1.29, 1.82) is 0 Å². The van der Waals surface area contributed by atoms with Gasteiger partial charge in [-0.15, -0.1) is 0 Å². The van der Waals surface area contributed by atoms with Gasteiger partial charge in [0.25, 0.3) is 0 Å². The summed E-state index contributed by atoms with van der Waals surface area (Å²) in [5, 5.41) is 7.82. The fourth-order valence-electron chi connectivity index (χ4n) is 2.00. The third-order valence-electron chi connectivity index (χ3n) is 3.41. The quantitative estimate of drug-likeness (QED) is 0.855. The van der Waals surface area contributed by atoms with Crippen molar-refractivity contribution in [3.8, 4) is 0 Å². The van der Waals surface area contributed by atoms with Gasteiger partial charge < -0.3 is 0 Å². The van der Waals surface area contributed by atoms with E-state index in [0.29, 0.717) is 6.07 Å². The molecule has 0 saturated carbocycles. The van der Waals surface area contributed by atoms with Crippen LogP contribution in [0, 0.1) is 5.92 Å². The van der Waals surface area contributed by atoms with Crippen molar-refractivity contribution in [3.05, 3.63) is 42.2 Å². The summed E-state index contributed by atoms with van der Waals surface area (Å²) in [6.45, 7) is 3.76. The molecule has 0 radical (unpaired) electrons. The Morgan fingerprint density at radius 1 is 1.21 bits per heavy atom. The molecule has 1 atom stereocenters. The molecular weight excluding hydrogens is 345 g/mol. The summed E-state index contributed by atoms with van der Waals surface area (Å²) in [5.41, 5.74) is -1.01. The molecule has 2 aromatic rings. The Morgan fingerprint density at radius 3 is 2.38 bits per heavy atom. The van der Waals surface area contributed by atoms with E-state index in [-0.39, 0.29) is 12.5 Å². The Hall–Kier alpha value is -1.94. The van der Waals surface area contributed by atoms with E-state index in [4.69, 9.17) is 0 Å². The summed E-state index contributed by atoms with van der Waals surface area (Å²) in [7, 11) is -4.11. The second kappa shape index (κ2) is 6.89. The number of sulfonamides is 1. The van der Waals surface area contributed by atoms with Gasteiger partial charge in [0.2, 0.25) is 10.0 Å². The zero-order chi connectivity index (χ0) is 18.0. The average Bonchev–Trinajstić information content (AvgIpc) is 2.98. The smallest absolute Gasteiger partial charge is 0.207 e. The summed E-state index contributed by atoms with van der Waals surface area (Å²) in [4.78, 5) is 0.885. The first kappa shape index (κ1) is 18.4. The van der Waals surface area contributed by atoms with Crippen LogP contribution >= 0.6 is 0 Å². The summed E-state index contributed by atoms with van der Waals surface area (Å²) in [6.07, 6.45) is -1.70. The molecule has 0 aliphatic rings. The van der Waals surface area contributed by atoms with Crippen LogP contribution in [-0.4, -0.2) is 29.5 Å². The van der Waals surface area contributed by atoms with Crippen molar-refractivity contribution in [1.82, 2.24) is 19.7 Å². The molecule has 1 aromatic carbocycles. The van der Waals surface area contributed by atoms with E-state index in [1.54, 1.807) is 13.8 Å². The topological polar surface area (TPSA) is 76.9 Å². The van der Waals surface area contributed by atoms with Gasteiger partial charge in [-0.1, -0.05) is 19.9 Å². The van der Waals surface area contributed by atoms with Gasteiger partial charge in [0.05, 0.1) is 29.4 Å². The minimum atomic E-state index is -4.61. The monoisotopic (exact) mass is 362 g/mol. The van der Waals surface area contributed by atoms with Gasteiger partial charge in [-0.05, 0) is 24.1 Å². The highest BCUT2D eigenvalue weighted by Gasteiger charge is 2.32. The maximum Gasteiger partial charge on any atom is 0.416 e. The van der Waals surface area contributed by atoms with Crippen molar-refractivity contribution in [2.75, 3.05) is 0 Å². The lowest BCUT2D eigenvalue weighted by Gasteiger charge is -2.22. The van der Waals surface area contributed by atoms with Crippen LogP contribution in [0.15, 0.2) is 41.6 Å². The first-order valence-corrected chi connectivity index (χ1v) is 8.61. The molecular formula is C14H17F3N4O2S. The molecule has 2 rings (SSSR count). The average molecular weight is 362 g/mol. The molecule has 1 unspecified atom stereocenters. The molecule has 1 heterocycles. The summed E-state index contributed by atoms with van der Waals surface area (Å²) >= 11 is 0. The van der Waals surface area contributed by atoms with Crippen LogP contribution in [0.2, 0.25) is 0 Å². The SMILES string of the molecule is CC(C)C(Cn1nccn1)NS(=O)(=O)c1cccc(C(F)(F)F)c1. The molecule has 0 spiro atoms. The summed E-state index contributed by atoms with van der Waals surface area (Å²) < 4.78 is 65.6. The van der Waals surface area contributed by atoms with Crippen molar-refractivity contribution in [2.45, 2.75) is 37.5 Å². The van der Waals surface area contributed by atoms with Crippen LogP contribution in [0.1, 0.15) is 19.4 Å². The molecule has 0 amide bonds. The Labute approximate surface area is 137 Å². The fraction of sp³-hybridized carbons (Fsp3) is 0.429. The van der Waals surface area contributed by atoms with Crippen molar-refractivity contribution >= 4 is 10.0 Å². The van der Waals surface area contributed by atoms with Crippen LogP contribution in [0.4, 0.5) is 13.2 Å². The van der Waals surface area contributed by atoms with Gasteiger partial charge in [0.1, 0.15) is 0 Å². The van der Waals surface area contributed by atoms with E-state index in [1.165, 1.54) is 17.2 Å². The molecule has 10 heteroatoms. The third-order valence-corrected chi connectivity index (χ3v) is 4.90. The van der Waals surface area contributed by atoms with Gasteiger partial charge in [-0.2, -0.15) is 28.2 Å². The van der Waals surface area contributed by atoms with Crippen molar-refractivity contribution in [2.24, 2.45) is 5.92 Å². The molecule has 0 bridgehead atoms. The van der Waals surface area contributed by atoms with Gasteiger partial charge in [0.15, 0.2) is 0 Å². The first-order valence-electron chi connectivity index (χ1n) is 7.13. The second-order valence-corrected chi connectivity index (χ2v) is 7.30. The molecule has 24 heavy (non-hydrogen) atoms. The number of hydrogen-bond donors (Lipinski definition) is 1. The minimum absolute atomic E-state index is 0.114. The zero-order valence-electron chi connectivity index (χ0n) is 13.0. The molecule has 0 aliphatic carbocycles. The highest BCUT2D eigenvalue weighted by atomic mass is 32.2. The molecule has 1 aromatic heterocycles. The number of aromatic nitrogens is 3. The predicted octanol–water partition coefficient (Wildman–Crippen LogP) is 2.30. The maximum atomic E-state index is 12.8. The summed E-state index contributed by atoms with van der Waals surface area (Å²) in [5.74, 6) is -0.114. The molecule has 6 nitrogen and oxygen atoms in total. The molecule has 132 valence electrons. The largest absolute Gasteiger partial charge is 0.416 e. The number of rotatable bonds is 6. The third kappa shape index (κ3) is 4.54. The Bertz CT molecular complexity index is 774. The number of benzene rings is 1. The Kier molecular flexibility index (Phi) is 5.29. The van der Waals surface area contributed by atoms with Crippen LogP contribution < -0.4 is 4.72 Å². The lowest BCUT2D eigenvalue weighted by atomic mass is 10.1. The van der Waals surface area contributed by atoms with Crippen LogP contribution in [0.3, 0.4) is 0 Å².